The van der Waals surface area contributed by atoms with E-state index < -0.39 is 5.41 Å². The summed E-state index contributed by atoms with van der Waals surface area (Å²) in [6.07, 6.45) is 0. The molecule has 1 aromatic carbocycles. The average Bonchev–Trinajstić information content (AvgIpc) is 2.79. The Morgan fingerprint density at radius 2 is 2.05 bits per heavy atom. The van der Waals surface area contributed by atoms with E-state index in [1.807, 2.05) is 48.7 Å². The van der Waals surface area contributed by atoms with Crippen LogP contribution in [0.5, 0.6) is 0 Å². The molecule has 1 aromatic heterocycles. The van der Waals surface area contributed by atoms with Crippen molar-refractivity contribution in [3.8, 4) is 11.4 Å². The fourth-order valence-corrected chi connectivity index (χ4v) is 2.27. The van der Waals surface area contributed by atoms with Crippen molar-refractivity contribution in [3.05, 3.63) is 35.1 Å². The van der Waals surface area contributed by atoms with Gasteiger partial charge < -0.3 is 5.32 Å². The summed E-state index contributed by atoms with van der Waals surface area (Å²) in [6, 6.07) is 9.77. The fourth-order valence-electron chi connectivity index (χ4n) is 2.08. The maximum atomic E-state index is 11.9. The Hall–Kier alpha value is -1.95. The minimum Gasteiger partial charge on any atom is -0.359 e. The van der Waals surface area contributed by atoms with Crippen molar-refractivity contribution in [3.63, 3.8) is 0 Å². The first-order chi connectivity index (χ1) is 9.45. The SMILES string of the molecule is CNC(=O)C(C)(C)Cn1c(-c2ccccc2)n[nH]c1=S. The normalized spacial score (nSPS) is 11.3. The number of aromatic nitrogens is 3. The lowest BCUT2D eigenvalue weighted by atomic mass is 9.92. The lowest BCUT2D eigenvalue weighted by molar-refractivity contribution is -0.129. The molecule has 2 rings (SSSR count). The Kier molecular flexibility index (Phi) is 4.04. The number of nitrogens with one attached hydrogen (secondary N) is 2. The van der Waals surface area contributed by atoms with Crippen molar-refractivity contribution < 1.29 is 4.79 Å². The molecule has 0 bridgehead atoms. The Bertz CT molecular complexity index is 657. The van der Waals surface area contributed by atoms with Gasteiger partial charge in [-0.15, -0.1) is 0 Å². The third-order valence-electron chi connectivity index (χ3n) is 3.19. The summed E-state index contributed by atoms with van der Waals surface area (Å²) in [6.45, 7) is 4.23. The van der Waals surface area contributed by atoms with Crippen LogP contribution in [-0.2, 0) is 11.3 Å². The third-order valence-corrected chi connectivity index (χ3v) is 3.50. The van der Waals surface area contributed by atoms with Crippen molar-refractivity contribution in [1.82, 2.24) is 20.1 Å². The van der Waals surface area contributed by atoms with Crippen LogP contribution in [-0.4, -0.2) is 27.7 Å². The molecule has 0 aliphatic heterocycles. The van der Waals surface area contributed by atoms with Gasteiger partial charge in [-0.1, -0.05) is 30.3 Å². The molecule has 0 aliphatic carbocycles. The Morgan fingerprint density at radius 3 is 2.65 bits per heavy atom. The fraction of sp³-hybridized carbons (Fsp3) is 0.357. The van der Waals surface area contributed by atoms with Crippen molar-refractivity contribution in [2.45, 2.75) is 20.4 Å². The second-order valence-electron chi connectivity index (χ2n) is 5.27. The van der Waals surface area contributed by atoms with E-state index in [2.05, 4.69) is 15.5 Å². The molecule has 1 heterocycles. The molecule has 0 atom stereocenters. The van der Waals surface area contributed by atoms with Gasteiger partial charge in [-0.2, -0.15) is 5.10 Å². The van der Waals surface area contributed by atoms with E-state index in [1.165, 1.54) is 0 Å². The number of hydrogen-bond donors (Lipinski definition) is 2. The van der Waals surface area contributed by atoms with E-state index in [9.17, 15) is 4.79 Å². The highest BCUT2D eigenvalue weighted by Crippen LogP contribution is 2.23. The zero-order valence-electron chi connectivity index (χ0n) is 11.8. The monoisotopic (exact) mass is 290 g/mol. The summed E-state index contributed by atoms with van der Waals surface area (Å²) >= 11 is 5.28. The van der Waals surface area contributed by atoms with Crippen molar-refractivity contribution in [2.24, 2.45) is 5.41 Å². The molecule has 6 heteroatoms. The van der Waals surface area contributed by atoms with Gasteiger partial charge in [0.25, 0.3) is 0 Å². The van der Waals surface area contributed by atoms with Gasteiger partial charge in [0.15, 0.2) is 10.6 Å². The molecule has 0 unspecified atom stereocenters. The highest BCUT2D eigenvalue weighted by molar-refractivity contribution is 7.71. The van der Waals surface area contributed by atoms with Crippen LogP contribution in [0.25, 0.3) is 11.4 Å². The summed E-state index contributed by atoms with van der Waals surface area (Å²) in [5.74, 6) is 0.715. The van der Waals surface area contributed by atoms with E-state index in [0.717, 1.165) is 11.4 Å². The van der Waals surface area contributed by atoms with Gasteiger partial charge in [0.05, 0.1) is 5.41 Å². The molecule has 20 heavy (non-hydrogen) atoms. The molecular weight excluding hydrogens is 272 g/mol. The third kappa shape index (κ3) is 2.80. The Morgan fingerprint density at radius 1 is 1.40 bits per heavy atom. The largest absolute Gasteiger partial charge is 0.359 e. The Balaban J connectivity index is 2.41. The smallest absolute Gasteiger partial charge is 0.227 e. The van der Waals surface area contributed by atoms with Crippen LogP contribution in [0.4, 0.5) is 0 Å². The molecule has 5 nitrogen and oxygen atoms in total. The van der Waals surface area contributed by atoms with Gasteiger partial charge in [0, 0.05) is 19.2 Å². The van der Waals surface area contributed by atoms with Crippen molar-refractivity contribution in [2.75, 3.05) is 7.05 Å². The minimum atomic E-state index is -0.569. The van der Waals surface area contributed by atoms with E-state index in [-0.39, 0.29) is 5.91 Å². The average molecular weight is 290 g/mol. The van der Waals surface area contributed by atoms with Gasteiger partial charge in [0.2, 0.25) is 5.91 Å². The molecule has 1 amide bonds. The van der Waals surface area contributed by atoms with E-state index in [1.54, 1.807) is 7.05 Å². The number of carbonyl (C=O) groups is 1. The zero-order chi connectivity index (χ0) is 14.8. The topological polar surface area (TPSA) is 62.7 Å². The molecule has 0 saturated heterocycles. The molecular formula is C14H18N4OS. The van der Waals surface area contributed by atoms with Crippen LogP contribution in [0, 0.1) is 10.2 Å². The number of benzene rings is 1. The van der Waals surface area contributed by atoms with Gasteiger partial charge in [-0.25, -0.2) is 0 Å². The number of nitrogens with zero attached hydrogens (tertiary/aromatic N) is 2. The summed E-state index contributed by atoms with van der Waals surface area (Å²) in [4.78, 5) is 11.9. The van der Waals surface area contributed by atoms with Crippen LogP contribution in [0.15, 0.2) is 30.3 Å². The number of H-pyrrole nitrogens is 1. The molecule has 0 radical (unpaired) electrons. The van der Waals surface area contributed by atoms with Gasteiger partial charge in [-0.3, -0.25) is 14.5 Å². The molecule has 2 aromatic rings. The summed E-state index contributed by atoms with van der Waals surface area (Å²) in [7, 11) is 1.64. The van der Waals surface area contributed by atoms with Gasteiger partial charge in [0.1, 0.15) is 0 Å². The molecule has 0 spiro atoms. The molecule has 0 fully saturated rings. The standard InChI is InChI=1S/C14H18N4OS/c1-14(2,12(19)15-3)9-18-11(16-17-13(18)20)10-7-5-4-6-8-10/h4-8H,9H2,1-3H3,(H,15,19)(H,17,20). The zero-order valence-corrected chi connectivity index (χ0v) is 12.6. The van der Waals surface area contributed by atoms with Crippen LogP contribution < -0.4 is 5.32 Å². The molecule has 2 N–H and O–H groups in total. The van der Waals surface area contributed by atoms with E-state index >= 15 is 0 Å². The maximum absolute atomic E-state index is 11.9. The number of rotatable bonds is 4. The lowest BCUT2D eigenvalue weighted by Crippen LogP contribution is -2.37. The van der Waals surface area contributed by atoms with E-state index in [0.29, 0.717) is 11.3 Å². The van der Waals surface area contributed by atoms with Gasteiger partial charge in [-0.05, 0) is 26.1 Å². The van der Waals surface area contributed by atoms with E-state index in [4.69, 9.17) is 12.2 Å². The number of carbonyl (C=O) groups excluding carboxylic acids is 1. The lowest BCUT2D eigenvalue weighted by Gasteiger charge is -2.23. The quantitative estimate of drug-likeness (QED) is 0.850. The summed E-state index contributed by atoms with van der Waals surface area (Å²) in [5.41, 5.74) is 0.396. The molecule has 0 aliphatic rings. The highest BCUT2D eigenvalue weighted by Gasteiger charge is 2.28. The number of amides is 1. The molecule has 106 valence electrons. The summed E-state index contributed by atoms with van der Waals surface area (Å²) < 4.78 is 2.38. The predicted molar refractivity (Wildman–Crippen MR) is 80.7 cm³/mol. The van der Waals surface area contributed by atoms with Crippen LogP contribution in [0.3, 0.4) is 0 Å². The second-order valence-corrected chi connectivity index (χ2v) is 5.65. The first-order valence-corrected chi connectivity index (χ1v) is 6.79. The highest BCUT2D eigenvalue weighted by atomic mass is 32.1. The van der Waals surface area contributed by atoms with Crippen LogP contribution >= 0.6 is 12.2 Å². The number of aromatic amines is 1. The first-order valence-electron chi connectivity index (χ1n) is 6.38. The first kappa shape index (κ1) is 14.5. The van der Waals surface area contributed by atoms with Crippen molar-refractivity contribution >= 4 is 18.1 Å². The van der Waals surface area contributed by atoms with Crippen LogP contribution in [0.1, 0.15) is 13.8 Å². The minimum absolute atomic E-state index is 0.0281. The van der Waals surface area contributed by atoms with Gasteiger partial charge >= 0.3 is 0 Å². The van der Waals surface area contributed by atoms with Crippen LogP contribution in [0.2, 0.25) is 0 Å². The number of hydrogen-bond acceptors (Lipinski definition) is 3. The van der Waals surface area contributed by atoms with Crippen molar-refractivity contribution in [1.29, 1.82) is 0 Å². The second kappa shape index (κ2) is 5.58. The summed E-state index contributed by atoms with van der Waals surface area (Å²) in [5, 5.41) is 9.75. The molecule has 0 saturated carbocycles. The maximum Gasteiger partial charge on any atom is 0.227 e. The Labute approximate surface area is 123 Å². The predicted octanol–water partition coefficient (Wildman–Crippen LogP) is 2.38.